The van der Waals surface area contributed by atoms with E-state index in [0.717, 1.165) is 25.9 Å². The van der Waals surface area contributed by atoms with E-state index in [1.165, 1.54) is 0 Å². The summed E-state index contributed by atoms with van der Waals surface area (Å²) in [5.74, 6) is 0. The number of likely N-dealkylation sites (tertiary alicyclic amines) is 1. The van der Waals surface area contributed by atoms with Gasteiger partial charge in [0.2, 0.25) is 10.0 Å². The zero-order valence-corrected chi connectivity index (χ0v) is 12.2. The van der Waals surface area contributed by atoms with Gasteiger partial charge in [0.05, 0.1) is 5.69 Å². The quantitative estimate of drug-likeness (QED) is 0.869. The first kappa shape index (κ1) is 14.3. The van der Waals surface area contributed by atoms with Gasteiger partial charge in [-0.05, 0) is 45.1 Å². The molecule has 2 rings (SSSR count). The average Bonchev–Trinajstić information content (AvgIpc) is 2.41. The van der Waals surface area contributed by atoms with Gasteiger partial charge in [0.1, 0.15) is 4.90 Å². The van der Waals surface area contributed by atoms with Crippen LogP contribution in [-0.2, 0) is 10.0 Å². The van der Waals surface area contributed by atoms with Crippen molar-refractivity contribution in [2.75, 3.05) is 32.5 Å². The molecule has 0 amide bonds. The fourth-order valence-electron chi connectivity index (χ4n) is 2.32. The Morgan fingerprint density at radius 1 is 1.21 bits per heavy atom. The lowest BCUT2D eigenvalue weighted by atomic mass is 10.1. The van der Waals surface area contributed by atoms with E-state index in [0.29, 0.717) is 10.6 Å². The zero-order valence-electron chi connectivity index (χ0n) is 11.4. The van der Waals surface area contributed by atoms with E-state index >= 15 is 0 Å². The molecule has 0 radical (unpaired) electrons. The number of sulfonamides is 1. The summed E-state index contributed by atoms with van der Waals surface area (Å²) < 4.78 is 27.6. The number of hydrogen-bond donors (Lipinski definition) is 2. The van der Waals surface area contributed by atoms with Crippen LogP contribution in [0.15, 0.2) is 29.2 Å². The van der Waals surface area contributed by atoms with Crippen molar-refractivity contribution in [1.29, 1.82) is 0 Å². The van der Waals surface area contributed by atoms with E-state index in [2.05, 4.69) is 22.0 Å². The van der Waals surface area contributed by atoms with Crippen molar-refractivity contribution in [3.8, 4) is 0 Å². The van der Waals surface area contributed by atoms with Crippen LogP contribution in [0.2, 0.25) is 0 Å². The summed E-state index contributed by atoms with van der Waals surface area (Å²) in [7, 11) is 0.332. The Morgan fingerprint density at radius 2 is 1.84 bits per heavy atom. The fourth-order valence-corrected chi connectivity index (χ4v) is 3.84. The molecular weight excluding hydrogens is 262 g/mol. The van der Waals surface area contributed by atoms with Crippen molar-refractivity contribution in [3.63, 3.8) is 0 Å². The number of nitrogens with zero attached hydrogens (tertiary/aromatic N) is 1. The zero-order chi connectivity index (χ0) is 13.9. The van der Waals surface area contributed by atoms with Gasteiger partial charge in [-0.2, -0.15) is 0 Å². The second-order valence-electron chi connectivity index (χ2n) is 4.94. The molecule has 106 valence electrons. The van der Waals surface area contributed by atoms with Gasteiger partial charge in [0.25, 0.3) is 0 Å². The number of hydrogen-bond acceptors (Lipinski definition) is 4. The van der Waals surface area contributed by atoms with Gasteiger partial charge in [-0.25, -0.2) is 13.1 Å². The third kappa shape index (κ3) is 3.46. The number of rotatable bonds is 4. The topological polar surface area (TPSA) is 61.4 Å². The Morgan fingerprint density at radius 3 is 2.47 bits per heavy atom. The standard InChI is InChI=1S/C13H21N3O2S/c1-14-12-5-3-4-6-13(12)19(17,18)15-11-7-9-16(2)10-8-11/h3-6,11,14-15H,7-10H2,1-2H3. The molecule has 1 aliphatic heterocycles. The molecule has 0 bridgehead atoms. The molecule has 1 aliphatic rings. The molecule has 1 fully saturated rings. The third-order valence-electron chi connectivity index (χ3n) is 3.49. The van der Waals surface area contributed by atoms with Gasteiger partial charge >= 0.3 is 0 Å². The van der Waals surface area contributed by atoms with E-state index < -0.39 is 10.0 Å². The highest BCUT2D eigenvalue weighted by atomic mass is 32.2. The predicted molar refractivity (Wildman–Crippen MR) is 76.8 cm³/mol. The van der Waals surface area contributed by atoms with Crippen molar-refractivity contribution in [2.24, 2.45) is 0 Å². The van der Waals surface area contributed by atoms with Crippen LogP contribution < -0.4 is 10.0 Å². The molecule has 0 unspecified atom stereocenters. The van der Waals surface area contributed by atoms with Gasteiger partial charge in [-0.15, -0.1) is 0 Å². The van der Waals surface area contributed by atoms with Crippen LogP contribution >= 0.6 is 0 Å². The van der Waals surface area contributed by atoms with Gasteiger partial charge in [-0.3, -0.25) is 0 Å². The van der Waals surface area contributed by atoms with Crippen molar-refractivity contribution in [3.05, 3.63) is 24.3 Å². The van der Waals surface area contributed by atoms with Crippen molar-refractivity contribution < 1.29 is 8.42 Å². The van der Waals surface area contributed by atoms with E-state index in [1.54, 1.807) is 25.2 Å². The van der Waals surface area contributed by atoms with Crippen LogP contribution in [0.25, 0.3) is 0 Å². The molecule has 1 aromatic rings. The molecule has 19 heavy (non-hydrogen) atoms. The highest BCUT2D eigenvalue weighted by Gasteiger charge is 2.24. The Balaban J connectivity index is 2.14. The molecule has 2 N–H and O–H groups in total. The van der Waals surface area contributed by atoms with E-state index in [4.69, 9.17) is 0 Å². The number of para-hydroxylation sites is 1. The molecule has 5 nitrogen and oxygen atoms in total. The molecule has 0 atom stereocenters. The van der Waals surface area contributed by atoms with Gasteiger partial charge in [-0.1, -0.05) is 12.1 Å². The van der Waals surface area contributed by atoms with Crippen LogP contribution in [0.1, 0.15) is 12.8 Å². The maximum atomic E-state index is 12.4. The van der Waals surface area contributed by atoms with Crippen molar-refractivity contribution in [1.82, 2.24) is 9.62 Å². The Hall–Kier alpha value is -1.11. The summed E-state index contributed by atoms with van der Waals surface area (Å²) in [4.78, 5) is 2.53. The lowest BCUT2D eigenvalue weighted by Crippen LogP contribution is -2.43. The molecule has 0 aromatic heterocycles. The second kappa shape index (κ2) is 5.90. The maximum Gasteiger partial charge on any atom is 0.242 e. The molecular formula is C13H21N3O2S. The maximum absolute atomic E-state index is 12.4. The van der Waals surface area contributed by atoms with Crippen LogP contribution in [0.5, 0.6) is 0 Å². The first-order valence-corrected chi connectivity index (χ1v) is 7.99. The summed E-state index contributed by atoms with van der Waals surface area (Å²) in [5.41, 5.74) is 0.628. The fraction of sp³-hybridized carbons (Fsp3) is 0.538. The molecule has 1 aromatic carbocycles. The first-order chi connectivity index (χ1) is 9.03. The largest absolute Gasteiger partial charge is 0.387 e. The van der Waals surface area contributed by atoms with Crippen LogP contribution in [0.3, 0.4) is 0 Å². The van der Waals surface area contributed by atoms with Gasteiger partial charge in [0.15, 0.2) is 0 Å². The predicted octanol–water partition coefficient (Wildman–Crippen LogP) is 1.10. The summed E-state index contributed by atoms with van der Waals surface area (Å²) in [5, 5.41) is 2.92. The minimum Gasteiger partial charge on any atom is -0.387 e. The lowest BCUT2D eigenvalue weighted by molar-refractivity contribution is 0.248. The van der Waals surface area contributed by atoms with Crippen LogP contribution in [0, 0.1) is 0 Å². The molecule has 6 heteroatoms. The Kier molecular flexibility index (Phi) is 4.44. The summed E-state index contributed by atoms with van der Waals surface area (Å²) in [6.07, 6.45) is 1.72. The van der Waals surface area contributed by atoms with E-state index in [1.807, 2.05) is 6.07 Å². The highest BCUT2D eigenvalue weighted by molar-refractivity contribution is 7.89. The summed E-state index contributed by atoms with van der Waals surface area (Å²) in [6, 6.07) is 6.99. The van der Waals surface area contributed by atoms with E-state index in [9.17, 15) is 8.42 Å². The Labute approximate surface area is 115 Å². The van der Waals surface area contributed by atoms with Crippen molar-refractivity contribution in [2.45, 2.75) is 23.8 Å². The number of nitrogens with one attached hydrogen (secondary N) is 2. The molecule has 1 heterocycles. The van der Waals surface area contributed by atoms with Gasteiger partial charge < -0.3 is 10.2 Å². The highest BCUT2D eigenvalue weighted by Crippen LogP contribution is 2.21. The normalized spacial score (nSPS) is 18.4. The SMILES string of the molecule is CNc1ccccc1S(=O)(=O)NC1CCN(C)CC1. The number of anilines is 1. The third-order valence-corrected chi connectivity index (χ3v) is 5.06. The minimum absolute atomic E-state index is 0.0334. The van der Waals surface area contributed by atoms with Crippen LogP contribution in [-0.4, -0.2) is 46.5 Å². The molecule has 0 spiro atoms. The summed E-state index contributed by atoms with van der Waals surface area (Å²) >= 11 is 0. The monoisotopic (exact) mass is 283 g/mol. The van der Waals surface area contributed by atoms with Crippen molar-refractivity contribution >= 4 is 15.7 Å². The smallest absolute Gasteiger partial charge is 0.242 e. The number of piperidine rings is 1. The molecule has 1 saturated heterocycles. The Bertz CT molecular complexity index is 522. The first-order valence-electron chi connectivity index (χ1n) is 6.50. The van der Waals surface area contributed by atoms with Gasteiger partial charge in [0, 0.05) is 13.1 Å². The number of benzene rings is 1. The molecule has 0 saturated carbocycles. The van der Waals surface area contributed by atoms with E-state index in [-0.39, 0.29) is 6.04 Å². The minimum atomic E-state index is -3.45. The lowest BCUT2D eigenvalue weighted by Gasteiger charge is -2.29. The second-order valence-corrected chi connectivity index (χ2v) is 6.63. The molecule has 0 aliphatic carbocycles. The van der Waals surface area contributed by atoms with Crippen LogP contribution in [0.4, 0.5) is 5.69 Å². The average molecular weight is 283 g/mol. The summed E-state index contributed by atoms with van der Waals surface area (Å²) in [6.45, 7) is 1.86.